The van der Waals surface area contributed by atoms with Crippen molar-refractivity contribution in [3.63, 3.8) is 0 Å². The van der Waals surface area contributed by atoms with Crippen molar-refractivity contribution < 1.29 is 0 Å². The third-order valence-corrected chi connectivity index (χ3v) is 8.16. The van der Waals surface area contributed by atoms with Crippen LogP contribution in [0.5, 0.6) is 0 Å². The van der Waals surface area contributed by atoms with Gasteiger partial charge in [-0.1, -0.05) is 152 Å². The Bertz CT molecular complexity index is 1990. The molecule has 0 aliphatic carbocycles. The van der Waals surface area contributed by atoms with Gasteiger partial charge in [-0.25, -0.2) is 0 Å². The Kier molecular flexibility index (Phi) is 9.18. The van der Waals surface area contributed by atoms with Gasteiger partial charge in [0.2, 0.25) is 0 Å². The minimum absolute atomic E-state index is 0.840. The van der Waals surface area contributed by atoms with Crippen LogP contribution >= 0.6 is 0 Å². The van der Waals surface area contributed by atoms with Gasteiger partial charge >= 0.3 is 0 Å². The summed E-state index contributed by atoms with van der Waals surface area (Å²) >= 11 is 0. The summed E-state index contributed by atoms with van der Waals surface area (Å²) in [5.41, 5.74) is 12.1. The van der Waals surface area contributed by atoms with E-state index in [1.807, 2.05) is 0 Å². The Hall–Kier alpha value is -4.94. The van der Waals surface area contributed by atoms with Crippen molar-refractivity contribution in [1.29, 1.82) is 0 Å². The molecule has 43 heavy (non-hydrogen) atoms. The van der Waals surface area contributed by atoms with E-state index in [2.05, 4.69) is 174 Å². The maximum atomic E-state index is 4.51. The van der Waals surface area contributed by atoms with E-state index < -0.39 is 0 Å². The molecule has 0 bridgehead atoms. The van der Waals surface area contributed by atoms with Gasteiger partial charge in [0.15, 0.2) is 0 Å². The number of fused-ring (bicyclic) bond motifs is 1. The van der Waals surface area contributed by atoms with Gasteiger partial charge < -0.3 is 0 Å². The number of benzene rings is 5. The van der Waals surface area contributed by atoms with Gasteiger partial charge in [0, 0.05) is 0 Å². The number of aryl methyl sites for hydroxylation is 1. The summed E-state index contributed by atoms with van der Waals surface area (Å²) in [5, 5.41) is 4.73. The first-order valence-electron chi connectivity index (χ1n) is 15.0. The van der Waals surface area contributed by atoms with Crippen LogP contribution in [0.3, 0.4) is 0 Å². The largest absolute Gasteiger partial charge is 0.0911 e. The van der Waals surface area contributed by atoms with E-state index in [9.17, 15) is 0 Å². The van der Waals surface area contributed by atoms with E-state index in [-0.39, 0.29) is 0 Å². The molecule has 212 valence electrons. The van der Waals surface area contributed by atoms with Crippen molar-refractivity contribution in [3.8, 4) is 11.1 Å². The molecule has 0 atom stereocenters. The zero-order valence-electron chi connectivity index (χ0n) is 25.8. The number of rotatable bonds is 8. The van der Waals surface area contributed by atoms with Crippen LogP contribution in [0.15, 0.2) is 146 Å². The van der Waals surface area contributed by atoms with Crippen LogP contribution in [0.25, 0.3) is 45.2 Å². The lowest BCUT2D eigenvalue weighted by molar-refractivity contribution is 1.34. The summed E-state index contributed by atoms with van der Waals surface area (Å²) in [4.78, 5) is 0. The molecule has 5 rings (SSSR count). The molecule has 0 unspecified atom stereocenters. The lowest BCUT2D eigenvalue weighted by Crippen LogP contribution is -2.27. The molecule has 0 radical (unpaired) electrons. The fourth-order valence-electron chi connectivity index (χ4n) is 5.78. The van der Waals surface area contributed by atoms with Gasteiger partial charge in [-0.05, 0) is 105 Å². The topological polar surface area (TPSA) is 0 Å². The standard InChI is InChI=1S/C43H40/c1-30(2)38(22-12-7-9-17-31(3)39-24-15-21-36-20-13-14-23-43(36)39)40-28-27-37(29-32(40)4)42-26-16-25-41(34(42)6)33(5)35-18-10-8-11-19-35/h8-29H,3,6-7H2,1-2,4-5H3. The molecule has 0 amide bonds. The van der Waals surface area contributed by atoms with Crippen LogP contribution in [0.2, 0.25) is 0 Å². The Labute approximate surface area is 257 Å². The van der Waals surface area contributed by atoms with Crippen molar-refractivity contribution in [1.82, 2.24) is 0 Å². The van der Waals surface area contributed by atoms with E-state index >= 15 is 0 Å². The second-order valence-corrected chi connectivity index (χ2v) is 11.4. The summed E-state index contributed by atoms with van der Waals surface area (Å²) < 4.78 is 0. The van der Waals surface area contributed by atoms with Crippen LogP contribution in [-0.2, 0) is 0 Å². The molecule has 0 saturated heterocycles. The second-order valence-electron chi connectivity index (χ2n) is 11.4. The molecule has 0 heteroatoms. The maximum Gasteiger partial charge on any atom is -0.0106 e. The first-order chi connectivity index (χ1) is 20.8. The summed E-state index contributed by atoms with van der Waals surface area (Å²) in [5.74, 6) is 0. The van der Waals surface area contributed by atoms with Crippen molar-refractivity contribution in [2.24, 2.45) is 0 Å². The predicted octanol–water partition coefficient (Wildman–Crippen LogP) is 10.5. The van der Waals surface area contributed by atoms with Gasteiger partial charge in [-0.3, -0.25) is 0 Å². The Morgan fingerprint density at radius 3 is 2.16 bits per heavy atom. The molecule has 5 aromatic rings. The molecule has 0 N–H and O–H groups in total. The average molecular weight is 557 g/mol. The van der Waals surface area contributed by atoms with Crippen LogP contribution < -0.4 is 10.4 Å². The maximum absolute atomic E-state index is 4.51. The summed E-state index contributed by atoms with van der Waals surface area (Å²) in [6.45, 7) is 17.6. The first kappa shape index (κ1) is 29.5. The fraction of sp³-hybridized carbons (Fsp3) is 0.116. The summed E-state index contributed by atoms with van der Waals surface area (Å²) in [6.07, 6.45) is 9.66. The Morgan fingerprint density at radius 1 is 0.698 bits per heavy atom. The summed E-state index contributed by atoms with van der Waals surface area (Å²) in [6, 6.07) is 38.7. The van der Waals surface area contributed by atoms with E-state index in [0.717, 1.165) is 17.2 Å². The normalized spacial score (nSPS) is 12.2. The molecule has 0 nitrogen and oxygen atoms in total. The Morgan fingerprint density at radius 2 is 1.40 bits per heavy atom. The molecule has 0 aromatic heterocycles. The van der Waals surface area contributed by atoms with Gasteiger partial charge in [0.1, 0.15) is 0 Å². The summed E-state index contributed by atoms with van der Waals surface area (Å²) in [7, 11) is 0. The highest BCUT2D eigenvalue weighted by molar-refractivity contribution is 5.95. The number of hydrogen-bond acceptors (Lipinski definition) is 0. The Balaban J connectivity index is 1.35. The van der Waals surface area contributed by atoms with Gasteiger partial charge in [-0.15, -0.1) is 0 Å². The monoisotopic (exact) mass is 556 g/mol. The van der Waals surface area contributed by atoms with Crippen molar-refractivity contribution in [2.75, 3.05) is 0 Å². The molecule has 0 aliphatic rings. The number of allylic oxidation sites excluding steroid dienone is 7. The van der Waals surface area contributed by atoms with Crippen molar-refractivity contribution in [2.45, 2.75) is 34.1 Å². The second kappa shape index (κ2) is 13.4. The highest BCUT2D eigenvalue weighted by atomic mass is 14.1. The minimum Gasteiger partial charge on any atom is -0.0911 e. The van der Waals surface area contributed by atoms with Gasteiger partial charge in [0.05, 0.1) is 0 Å². The van der Waals surface area contributed by atoms with E-state index in [4.69, 9.17) is 0 Å². The van der Waals surface area contributed by atoms with Crippen LogP contribution in [0.1, 0.15) is 49.4 Å². The van der Waals surface area contributed by atoms with E-state index in [1.54, 1.807) is 0 Å². The van der Waals surface area contributed by atoms with E-state index in [1.165, 1.54) is 66.1 Å². The predicted molar refractivity (Wildman–Crippen MR) is 190 cm³/mol. The molecule has 0 heterocycles. The van der Waals surface area contributed by atoms with E-state index in [0.29, 0.717) is 0 Å². The van der Waals surface area contributed by atoms with Crippen molar-refractivity contribution in [3.05, 3.63) is 178 Å². The third kappa shape index (κ3) is 6.60. The lowest BCUT2D eigenvalue weighted by atomic mass is 9.92. The zero-order valence-corrected chi connectivity index (χ0v) is 25.8. The fourth-order valence-corrected chi connectivity index (χ4v) is 5.78. The van der Waals surface area contributed by atoms with Crippen LogP contribution in [0.4, 0.5) is 0 Å². The smallest absolute Gasteiger partial charge is 0.0106 e. The third-order valence-electron chi connectivity index (χ3n) is 8.16. The van der Waals surface area contributed by atoms with Gasteiger partial charge in [-0.2, -0.15) is 0 Å². The lowest BCUT2D eigenvalue weighted by Gasteiger charge is -2.13. The minimum atomic E-state index is 0.840. The highest BCUT2D eigenvalue weighted by Crippen LogP contribution is 2.28. The first-order valence-corrected chi connectivity index (χ1v) is 15.0. The molecule has 0 fully saturated rings. The zero-order chi connectivity index (χ0) is 30.3. The van der Waals surface area contributed by atoms with Gasteiger partial charge in [0.25, 0.3) is 0 Å². The van der Waals surface area contributed by atoms with Crippen LogP contribution in [-0.4, -0.2) is 0 Å². The molecular weight excluding hydrogens is 516 g/mol. The quantitative estimate of drug-likeness (QED) is 0.167. The molecule has 5 aromatic carbocycles. The SMILES string of the molecule is C=C(C=CCC=CC(=C(C)C)c1ccc(-c2cccc(=C(C)c3ccccc3)c2=C)cc1C)c1cccc2ccccc12. The highest BCUT2D eigenvalue weighted by Gasteiger charge is 2.09. The molecule has 0 aliphatic heterocycles. The molecule has 0 spiro atoms. The van der Waals surface area contributed by atoms with Crippen LogP contribution in [0, 0.1) is 6.92 Å². The van der Waals surface area contributed by atoms with Crippen molar-refractivity contribution >= 4 is 34.1 Å². The average Bonchev–Trinajstić information content (AvgIpc) is 3.02. The molecular formula is C43H40. The molecule has 0 saturated carbocycles. The number of hydrogen-bond donors (Lipinski definition) is 0.